The number of hydrogen-bond acceptors (Lipinski definition) is 1. The van der Waals surface area contributed by atoms with Crippen LogP contribution in [0.15, 0.2) is 28.7 Å². The van der Waals surface area contributed by atoms with Crippen LogP contribution in [-0.2, 0) is 0 Å². The summed E-state index contributed by atoms with van der Waals surface area (Å²) in [6.45, 7) is 0.279. The minimum Gasteiger partial charge on any atom is -0.396 e. The van der Waals surface area contributed by atoms with Crippen LogP contribution in [0.25, 0.3) is 0 Å². The first-order chi connectivity index (χ1) is 7.81. The van der Waals surface area contributed by atoms with Gasteiger partial charge in [-0.25, -0.2) is 0 Å². The second-order valence-corrected chi connectivity index (χ2v) is 5.66. The number of rotatable bonds is 3. The van der Waals surface area contributed by atoms with Gasteiger partial charge >= 0.3 is 0 Å². The monoisotopic (exact) mass is 282 g/mol. The van der Waals surface area contributed by atoms with Gasteiger partial charge in [-0.1, -0.05) is 47.3 Å². The molecule has 1 N–H and O–H groups in total. The van der Waals surface area contributed by atoms with Crippen LogP contribution in [0.3, 0.4) is 0 Å². The van der Waals surface area contributed by atoms with Crippen molar-refractivity contribution in [3.05, 3.63) is 34.3 Å². The first-order valence-corrected chi connectivity index (χ1v) is 6.97. The maximum absolute atomic E-state index is 9.61. The molecule has 0 aliphatic heterocycles. The first kappa shape index (κ1) is 12.1. The summed E-state index contributed by atoms with van der Waals surface area (Å²) in [6.07, 6.45) is 6.58. The summed E-state index contributed by atoms with van der Waals surface area (Å²) in [5, 5.41) is 9.61. The Labute approximate surface area is 106 Å². The predicted octanol–water partition coefficient (Wildman–Crippen LogP) is 4.11. The molecule has 0 radical (unpaired) electrons. The van der Waals surface area contributed by atoms with E-state index >= 15 is 0 Å². The third kappa shape index (κ3) is 2.86. The van der Waals surface area contributed by atoms with Gasteiger partial charge in [-0.3, -0.25) is 0 Å². The molecule has 1 unspecified atom stereocenters. The van der Waals surface area contributed by atoms with E-state index in [1.807, 2.05) is 6.07 Å². The molecule has 2 rings (SSSR count). The quantitative estimate of drug-likeness (QED) is 0.885. The van der Waals surface area contributed by atoms with Crippen LogP contribution >= 0.6 is 15.9 Å². The fraction of sp³-hybridized carbons (Fsp3) is 0.571. The van der Waals surface area contributed by atoms with Gasteiger partial charge < -0.3 is 5.11 Å². The molecule has 1 atom stereocenters. The van der Waals surface area contributed by atoms with Gasteiger partial charge in [0.15, 0.2) is 0 Å². The summed E-state index contributed by atoms with van der Waals surface area (Å²) in [7, 11) is 0. The van der Waals surface area contributed by atoms with Crippen molar-refractivity contribution in [1.82, 2.24) is 0 Å². The molecule has 0 bridgehead atoms. The molecule has 0 aromatic heterocycles. The molecule has 1 aliphatic carbocycles. The molecule has 16 heavy (non-hydrogen) atoms. The molecule has 88 valence electrons. The van der Waals surface area contributed by atoms with E-state index in [4.69, 9.17) is 0 Å². The Morgan fingerprint density at radius 2 is 2.00 bits per heavy atom. The maximum atomic E-state index is 9.61. The molecule has 0 saturated heterocycles. The second kappa shape index (κ2) is 5.83. The van der Waals surface area contributed by atoms with E-state index < -0.39 is 0 Å². The minimum absolute atomic E-state index is 0.279. The summed E-state index contributed by atoms with van der Waals surface area (Å²) < 4.78 is 1.11. The molecule has 0 heterocycles. The van der Waals surface area contributed by atoms with Crippen molar-refractivity contribution >= 4 is 15.9 Å². The lowest BCUT2D eigenvalue weighted by Gasteiger charge is -2.29. The normalized spacial score (nSPS) is 19.6. The molecule has 0 spiro atoms. The SMILES string of the molecule is OCC(c1cccc(Br)c1)C1CCCCC1. The van der Waals surface area contributed by atoms with Crippen molar-refractivity contribution in [2.24, 2.45) is 5.92 Å². The molecule has 0 amide bonds. The highest BCUT2D eigenvalue weighted by atomic mass is 79.9. The first-order valence-electron chi connectivity index (χ1n) is 6.17. The Morgan fingerprint density at radius 1 is 1.25 bits per heavy atom. The zero-order valence-corrected chi connectivity index (χ0v) is 11.1. The van der Waals surface area contributed by atoms with Gasteiger partial charge in [-0.05, 0) is 36.5 Å². The Balaban J connectivity index is 2.14. The van der Waals surface area contributed by atoms with E-state index in [2.05, 4.69) is 34.1 Å². The number of aliphatic hydroxyl groups is 1. The van der Waals surface area contributed by atoms with Crippen LogP contribution in [-0.4, -0.2) is 11.7 Å². The number of aliphatic hydroxyl groups excluding tert-OH is 1. The predicted molar refractivity (Wildman–Crippen MR) is 70.5 cm³/mol. The van der Waals surface area contributed by atoms with Gasteiger partial charge in [0.25, 0.3) is 0 Å². The minimum atomic E-state index is 0.279. The van der Waals surface area contributed by atoms with Crippen LogP contribution in [0, 0.1) is 5.92 Å². The molecule has 1 aromatic rings. The maximum Gasteiger partial charge on any atom is 0.0502 e. The van der Waals surface area contributed by atoms with Crippen molar-refractivity contribution in [3.63, 3.8) is 0 Å². The lowest BCUT2D eigenvalue weighted by Crippen LogP contribution is -2.19. The Bertz CT molecular complexity index is 331. The van der Waals surface area contributed by atoms with Gasteiger partial charge in [0, 0.05) is 10.4 Å². The van der Waals surface area contributed by atoms with Crippen molar-refractivity contribution < 1.29 is 5.11 Å². The largest absolute Gasteiger partial charge is 0.396 e. The average molecular weight is 283 g/mol. The third-order valence-corrected chi connectivity index (χ3v) is 4.19. The zero-order valence-electron chi connectivity index (χ0n) is 9.53. The van der Waals surface area contributed by atoms with E-state index in [9.17, 15) is 5.11 Å². The van der Waals surface area contributed by atoms with Crippen molar-refractivity contribution in [2.45, 2.75) is 38.0 Å². The van der Waals surface area contributed by atoms with Gasteiger partial charge in [-0.15, -0.1) is 0 Å². The summed E-state index contributed by atoms with van der Waals surface area (Å²) in [5.41, 5.74) is 1.28. The Hall–Kier alpha value is -0.340. The van der Waals surface area contributed by atoms with Gasteiger partial charge in [0.1, 0.15) is 0 Å². The van der Waals surface area contributed by atoms with Crippen LogP contribution in [0.4, 0.5) is 0 Å². The third-order valence-electron chi connectivity index (χ3n) is 3.69. The average Bonchev–Trinajstić information content (AvgIpc) is 2.31. The Morgan fingerprint density at radius 3 is 2.62 bits per heavy atom. The number of hydrogen-bond donors (Lipinski definition) is 1. The molecule has 1 fully saturated rings. The summed E-state index contributed by atoms with van der Waals surface area (Å²) in [4.78, 5) is 0. The molecule has 1 saturated carbocycles. The summed E-state index contributed by atoms with van der Waals surface area (Å²) in [6, 6.07) is 8.39. The smallest absolute Gasteiger partial charge is 0.0502 e. The van der Waals surface area contributed by atoms with Crippen molar-refractivity contribution in [2.75, 3.05) is 6.61 Å². The molecule has 2 heteroatoms. The lowest BCUT2D eigenvalue weighted by atomic mass is 9.77. The van der Waals surface area contributed by atoms with E-state index in [0.717, 1.165) is 4.47 Å². The molecule has 1 nitrogen and oxygen atoms in total. The summed E-state index contributed by atoms with van der Waals surface area (Å²) >= 11 is 3.50. The van der Waals surface area contributed by atoms with Crippen LogP contribution in [0.2, 0.25) is 0 Å². The molecular weight excluding hydrogens is 264 g/mol. The van der Waals surface area contributed by atoms with Crippen LogP contribution in [0.1, 0.15) is 43.6 Å². The summed E-state index contributed by atoms with van der Waals surface area (Å²) in [5.74, 6) is 1.01. The van der Waals surface area contributed by atoms with Gasteiger partial charge in [-0.2, -0.15) is 0 Å². The van der Waals surface area contributed by atoms with Gasteiger partial charge in [0.05, 0.1) is 6.61 Å². The van der Waals surface area contributed by atoms with E-state index in [1.165, 1.54) is 37.7 Å². The Kier molecular flexibility index (Phi) is 4.42. The highest BCUT2D eigenvalue weighted by Crippen LogP contribution is 2.36. The fourth-order valence-electron chi connectivity index (χ4n) is 2.80. The fourth-order valence-corrected chi connectivity index (χ4v) is 3.22. The van der Waals surface area contributed by atoms with E-state index in [-0.39, 0.29) is 6.61 Å². The van der Waals surface area contributed by atoms with Crippen molar-refractivity contribution in [1.29, 1.82) is 0 Å². The van der Waals surface area contributed by atoms with E-state index in [1.54, 1.807) is 0 Å². The number of halogens is 1. The van der Waals surface area contributed by atoms with Crippen LogP contribution in [0.5, 0.6) is 0 Å². The standard InChI is InChI=1S/C14H19BrO/c15-13-8-4-7-12(9-13)14(10-16)11-5-2-1-3-6-11/h4,7-9,11,14,16H,1-3,5-6,10H2. The second-order valence-electron chi connectivity index (χ2n) is 4.74. The van der Waals surface area contributed by atoms with Crippen molar-refractivity contribution in [3.8, 4) is 0 Å². The number of benzene rings is 1. The zero-order chi connectivity index (χ0) is 11.4. The molecule has 1 aromatic carbocycles. The van der Waals surface area contributed by atoms with E-state index in [0.29, 0.717) is 11.8 Å². The highest BCUT2D eigenvalue weighted by molar-refractivity contribution is 9.10. The molecular formula is C14H19BrO. The lowest BCUT2D eigenvalue weighted by molar-refractivity contribution is 0.196. The molecule has 1 aliphatic rings. The van der Waals surface area contributed by atoms with Gasteiger partial charge in [0.2, 0.25) is 0 Å². The highest BCUT2D eigenvalue weighted by Gasteiger charge is 2.24. The van der Waals surface area contributed by atoms with Crippen LogP contribution < -0.4 is 0 Å². The topological polar surface area (TPSA) is 20.2 Å².